The fourth-order valence-corrected chi connectivity index (χ4v) is 2.65. The molecule has 0 aromatic carbocycles. The highest BCUT2D eigenvalue weighted by Gasteiger charge is 2.05. The monoisotopic (exact) mass is 263 g/mol. The van der Waals surface area contributed by atoms with E-state index in [1.165, 1.54) is 17.7 Å². The lowest BCUT2D eigenvalue weighted by Gasteiger charge is -2.09. The van der Waals surface area contributed by atoms with Gasteiger partial charge in [-0.25, -0.2) is 4.98 Å². The molecule has 98 valence electrons. The number of thiophene rings is 1. The molecule has 3 nitrogen and oxygen atoms in total. The van der Waals surface area contributed by atoms with E-state index in [0.717, 1.165) is 18.9 Å². The lowest BCUT2D eigenvalue weighted by atomic mass is 10.3. The van der Waals surface area contributed by atoms with Gasteiger partial charge in [0.15, 0.2) is 0 Å². The average Bonchev–Trinajstić information content (AvgIpc) is 2.97. The number of rotatable bonds is 7. The molecule has 0 aliphatic rings. The molecule has 2 aromatic rings. The van der Waals surface area contributed by atoms with E-state index in [1.807, 2.05) is 6.20 Å². The Bertz CT molecular complexity index is 445. The molecule has 2 heterocycles. The van der Waals surface area contributed by atoms with Crippen molar-refractivity contribution in [2.24, 2.45) is 0 Å². The van der Waals surface area contributed by atoms with E-state index in [9.17, 15) is 0 Å². The largest absolute Gasteiger partial charge is 0.330 e. The Labute approximate surface area is 113 Å². The standard InChI is InChI=1S/C14H21N3S/c1-12(2)15-7-3-4-9-17-10-8-16-14(17)13-6-5-11-18-13/h5-6,8,10-12,15H,3-4,7,9H2,1-2H3. The number of aromatic nitrogens is 2. The van der Waals surface area contributed by atoms with Crippen molar-refractivity contribution in [1.82, 2.24) is 14.9 Å². The zero-order valence-corrected chi connectivity index (χ0v) is 11.9. The van der Waals surface area contributed by atoms with Gasteiger partial charge in [-0.15, -0.1) is 11.3 Å². The number of hydrogen-bond donors (Lipinski definition) is 1. The smallest absolute Gasteiger partial charge is 0.149 e. The summed E-state index contributed by atoms with van der Waals surface area (Å²) in [5.74, 6) is 1.10. The van der Waals surface area contributed by atoms with Crippen LogP contribution >= 0.6 is 11.3 Å². The Balaban J connectivity index is 1.82. The van der Waals surface area contributed by atoms with Crippen LogP contribution in [-0.2, 0) is 6.54 Å². The Hall–Kier alpha value is -1.13. The minimum Gasteiger partial charge on any atom is -0.330 e. The Kier molecular flexibility index (Phi) is 4.96. The van der Waals surface area contributed by atoms with Crippen molar-refractivity contribution in [1.29, 1.82) is 0 Å². The van der Waals surface area contributed by atoms with E-state index in [-0.39, 0.29) is 0 Å². The van der Waals surface area contributed by atoms with Crippen molar-refractivity contribution in [3.63, 3.8) is 0 Å². The molecule has 0 spiro atoms. The summed E-state index contributed by atoms with van der Waals surface area (Å²) in [6, 6.07) is 4.79. The molecule has 0 saturated carbocycles. The molecule has 0 unspecified atom stereocenters. The first-order valence-electron chi connectivity index (χ1n) is 6.56. The van der Waals surface area contributed by atoms with Crippen LogP contribution in [0.2, 0.25) is 0 Å². The molecule has 0 aliphatic heterocycles. The van der Waals surface area contributed by atoms with Crippen molar-refractivity contribution >= 4 is 11.3 Å². The van der Waals surface area contributed by atoms with Gasteiger partial charge in [-0.1, -0.05) is 19.9 Å². The summed E-state index contributed by atoms with van der Waals surface area (Å²) in [6.07, 6.45) is 6.36. The summed E-state index contributed by atoms with van der Waals surface area (Å²) in [7, 11) is 0. The highest BCUT2D eigenvalue weighted by molar-refractivity contribution is 7.13. The maximum atomic E-state index is 4.44. The number of nitrogens with one attached hydrogen (secondary N) is 1. The van der Waals surface area contributed by atoms with Gasteiger partial charge in [0.1, 0.15) is 5.82 Å². The highest BCUT2D eigenvalue weighted by atomic mass is 32.1. The lowest BCUT2D eigenvalue weighted by molar-refractivity contribution is 0.533. The number of imidazole rings is 1. The van der Waals surface area contributed by atoms with Gasteiger partial charge in [0, 0.05) is 25.0 Å². The molecule has 0 radical (unpaired) electrons. The van der Waals surface area contributed by atoms with Gasteiger partial charge in [-0.2, -0.15) is 0 Å². The Morgan fingerprint density at radius 2 is 2.28 bits per heavy atom. The third-order valence-corrected chi connectivity index (χ3v) is 3.70. The third kappa shape index (κ3) is 3.68. The minimum absolute atomic E-state index is 0.583. The van der Waals surface area contributed by atoms with E-state index >= 15 is 0 Å². The van der Waals surface area contributed by atoms with Crippen molar-refractivity contribution in [3.8, 4) is 10.7 Å². The van der Waals surface area contributed by atoms with E-state index < -0.39 is 0 Å². The molecule has 2 aromatic heterocycles. The maximum absolute atomic E-state index is 4.44. The molecular weight excluding hydrogens is 242 g/mol. The lowest BCUT2D eigenvalue weighted by Crippen LogP contribution is -2.23. The second kappa shape index (κ2) is 6.71. The molecule has 0 fully saturated rings. The van der Waals surface area contributed by atoms with Crippen molar-refractivity contribution in [2.75, 3.05) is 6.54 Å². The fraction of sp³-hybridized carbons (Fsp3) is 0.500. The summed E-state index contributed by atoms with van der Waals surface area (Å²) < 4.78 is 2.25. The zero-order valence-electron chi connectivity index (χ0n) is 11.1. The van der Waals surface area contributed by atoms with E-state index in [4.69, 9.17) is 0 Å². The minimum atomic E-state index is 0.583. The van der Waals surface area contributed by atoms with Crippen LogP contribution in [-0.4, -0.2) is 22.1 Å². The molecule has 18 heavy (non-hydrogen) atoms. The molecule has 0 saturated heterocycles. The normalized spacial score (nSPS) is 11.3. The topological polar surface area (TPSA) is 29.9 Å². The Morgan fingerprint density at radius 3 is 3.00 bits per heavy atom. The molecule has 4 heteroatoms. The number of hydrogen-bond acceptors (Lipinski definition) is 3. The summed E-state index contributed by atoms with van der Waals surface area (Å²) in [5.41, 5.74) is 0. The van der Waals surface area contributed by atoms with Crippen LogP contribution in [0.1, 0.15) is 26.7 Å². The van der Waals surface area contributed by atoms with Gasteiger partial charge < -0.3 is 9.88 Å². The summed E-state index contributed by atoms with van der Waals surface area (Å²) in [6.45, 7) is 6.52. The van der Waals surface area contributed by atoms with Gasteiger partial charge in [0.2, 0.25) is 0 Å². The van der Waals surface area contributed by atoms with Gasteiger partial charge in [0.25, 0.3) is 0 Å². The number of nitrogens with zero attached hydrogens (tertiary/aromatic N) is 2. The summed E-state index contributed by atoms with van der Waals surface area (Å²) in [4.78, 5) is 5.69. The van der Waals surface area contributed by atoms with E-state index in [0.29, 0.717) is 6.04 Å². The SMILES string of the molecule is CC(C)NCCCCn1ccnc1-c1cccs1. The van der Waals surface area contributed by atoms with Crippen LogP contribution in [0.3, 0.4) is 0 Å². The quantitative estimate of drug-likeness (QED) is 0.776. The molecule has 2 rings (SSSR count). The predicted octanol–water partition coefficient (Wildman–Crippen LogP) is 3.39. The van der Waals surface area contributed by atoms with Gasteiger partial charge in [-0.3, -0.25) is 0 Å². The first kappa shape index (κ1) is 13.3. The number of unbranched alkanes of at least 4 members (excludes halogenated alkanes) is 1. The molecule has 0 aliphatic carbocycles. The van der Waals surface area contributed by atoms with Crippen LogP contribution in [0, 0.1) is 0 Å². The molecular formula is C14H21N3S. The molecule has 0 atom stereocenters. The second-order valence-corrected chi connectivity index (χ2v) is 5.69. The van der Waals surface area contributed by atoms with Crippen LogP contribution in [0.25, 0.3) is 10.7 Å². The first-order chi connectivity index (χ1) is 8.77. The summed E-state index contributed by atoms with van der Waals surface area (Å²) in [5, 5.41) is 5.54. The Morgan fingerprint density at radius 1 is 1.39 bits per heavy atom. The van der Waals surface area contributed by atoms with Crippen LogP contribution < -0.4 is 5.32 Å². The number of aryl methyl sites for hydroxylation is 1. The van der Waals surface area contributed by atoms with Crippen molar-refractivity contribution in [3.05, 3.63) is 29.9 Å². The summed E-state index contributed by atoms with van der Waals surface area (Å²) >= 11 is 1.75. The van der Waals surface area contributed by atoms with Crippen molar-refractivity contribution in [2.45, 2.75) is 39.3 Å². The zero-order chi connectivity index (χ0) is 12.8. The van der Waals surface area contributed by atoms with Gasteiger partial charge in [-0.05, 0) is 30.8 Å². The highest BCUT2D eigenvalue weighted by Crippen LogP contribution is 2.22. The predicted molar refractivity (Wildman–Crippen MR) is 77.9 cm³/mol. The fourth-order valence-electron chi connectivity index (χ4n) is 1.92. The van der Waals surface area contributed by atoms with Crippen LogP contribution in [0.4, 0.5) is 0 Å². The maximum Gasteiger partial charge on any atom is 0.149 e. The molecule has 0 bridgehead atoms. The first-order valence-corrected chi connectivity index (χ1v) is 7.43. The van der Waals surface area contributed by atoms with Gasteiger partial charge >= 0.3 is 0 Å². The molecule has 0 amide bonds. The van der Waals surface area contributed by atoms with Crippen molar-refractivity contribution < 1.29 is 0 Å². The van der Waals surface area contributed by atoms with Crippen LogP contribution in [0.15, 0.2) is 29.9 Å². The third-order valence-electron chi connectivity index (χ3n) is 2.84. The van der Waals surface area contributed by atoms with E-state index in [1.54, 1.807) is 11.3 Å². The van der Waals surface area contributed by atoms with E-state index in [2.05, 4.69) is 52.4 Å². The average molecular weight is 263 g/mol. The van der Waals surface area contributed by atoms with Gasteiger partial charge in [0.05, 0.1) is 4.88 Å². The second-order valence-electron chi connectivity index (χ2n) is 4.74. The van der Waals surface area contributed by atoms with Crippen LogP contribution in [0.5, 0.6) is 0 Å². The molecule has 1 N–H and O–H groups in total.